The van der Waals surface area contributed by atoms with Gasteiger partial charge in [-0.25, -0.2) is 4.79 Å². The molecule has 0 amide bonds. The lowest BCUT2D eigenvalue weighted by molar-refractivity contribution is -0.0000263. The standard InChI is InChI=1S/C11H13NO2.BrH/c1-3-12-8-4-5-9-7(2)14-11(13)10(9)6-8;/h4-7,12H,3H2,1-2H3;1H/p-1. The number of hydrogen-bond donors (Lipinski definition) is 1. The van der Waals surface area contributed by atoms with Crippen LogP contribution in [0.4, 0.5) is 5.69 Å². The number of halogens is 1. The Bertz CT molecular complexity index is 379. The number of hydrogen-bond acceptors (Lipinski definition) is 3. The summed E-state index contributed by atoms with van der Waals surface area (Å²) < 4.78 is 5.10. The fourth-order valence-electron chi connectivity index (χ4n) is 1.69. The average Bonchev–Trinajstić information content (AvgIpc) is 2.43. The lowest BCUT2D eigenvalue weighted by Crippen LogP contribution is -3.00. The van der Waals surface area contributed by atoms with Crippen LogP contribution in [0, 0.1) is 0 Å². The molecule has 1 aromatic carbocycles. The number of esters is 1. The van der Waals surface area contributed by atoms with Crippen molar-refractivity contribution in [1.82, 2.24) is 0 Å². The van der Waals surface area contributed by atoms with Gasteiger partial charge in [-0.2, -0.15) is 0 Å². The van der Waals surface area contributed by atoms with Crippen molar-refractivity contribution in [2.75, 3.05) is 11.9 Å². The second-order valence-corrected chi connectivity index (χ2v) is 3.38. The highest BCUT2D eigenvalue weighted by Gasteiger charge is 2.27. The first-order valence-corrected chi connectivity index (χ1v) is 4.81. The number of carbonyl (C=O) groups is 1. The van der Waals surface area contributed by atoms with Crippen molar-refractivity contribution in [3.8, 4) is 0 Å². The minimum atomic E-state index is -0.216. The molecule has 15 heavy (non-hydrogen) atoms. The summed E-state index contributed by atoms with van der Waals surface area (Å²) in [5, 5.41) is 3.16. The first-order valence-electron chi connectivity index (χ1n) is 4.81. The first-order chi connectivity index (χ1) is 6.72. The lowest BCUT2D eigenvalue weighted by atomic mass is 10.1. The number of carbonyl (C=O) groups excluding carboxylic acids is 1. The van der Waals surface area contributed by atoms with Crippen LogP contribution in [0.15, 0.2) is 18.2 Å². The van der Waals surface area contributed by atoms with Crippen molar-refractivity contribution >= 4 is 11.7 Å². The van der Waals surface area contributed by atoms with Gasteiger partial charge < -0.3 is 27.0 Å². The Hall–Kier alpha value is -1.03. The Morgan fingerprint density at radius 3 is 2.87 bits per heavy atom. The van der Waals surface area contributed by atoms with Crippen molar-refractivity contribution in [1.29, 1.82) is 0 Å². The first kappa shape index (κ1) is 12.0. The van der Waals surface area contributed by atoms with Crippen LogP contribution in [0.2, 0.25) is 0 Å². The maximum atomic E-state index is 11.4. The van der Waals surface area contributed by atoms with Gasteiger partial charge in [0, 0.05) is 17.8 Å². The van der Waals surface area contributed by atoms with E-state index in [4.69, 9.17) is 4.74 Å². The summed E-state index contributed by atoms with van der Waals surface area (Å²) in [4.78, 5) is 11.4. The van der Waals surface area contributed by atoms with Gasteiger partial charge in [-0.3, -0.25) is 0 Å². The SMILES string of the molecule is CCNc1ccc2c(c1)C(=O)OC2C.[Br-]. The molecular weight excluding hydrogens is 258 g/mol. The van der Waals surface area contributed by atoms with Crippen LogP contribution in [0.5, 0.6) is 0 Å². The average molecular weight is 271 g/mol. The molecule has 1 N–H and O–H groups in total. The summed E-state index contributed by atoms with van der Waals surface area (Å²) in [6.07, 6.45) is -0.104. The Morgan fingerprint density at radius 2 is 2.20 bits per heavy atom. The topological polar surface area (TPSA) is 38.3 Å². The molecule has 0 aliphatic carbocycles. The molecule has 1 heterocycles. The fourth-order valence-corrected chi connectivity index (χ4v) is 1.69. The van der Waals surface area contributed by atoms with Crippen LogP contribution in [-0.4, -0.2) is 12.5 Å². The van der Waals surface area contributed by atoms with E-state index < -0.39 is 0 Å². The summed E-state index contributed by atoms with van der Waals surface area (Å²) >= 11 is 0. The normalized spacial score (nSPS) is 17.7. The number of nitrogens with one attached hydrogen (secondary N) is 1. The van der Waals surface area contributed by atoms with E-state index >= 15 is 0 Å². The minimum Gasteiger partial charge on any atom is -1.00 e. The number of rotatable bonds is 2. The van der Waals surface area contributed by atoms with E-state index in [0.717, 1.165) is 17.8 Å². The monoisotopic (exact) mass is 270 g/mol. The third-order valence-electron chi connectivity index (χ3n) is 2.38. The van der Waals surface area contributed by atoms with E-state index in [1.54, 1.807) is 0 Å². The van der Waals surface area contributed by atoms with Gasteiger partial charge >= 0.3 is 5.97 Å². The van der Waals surface area contributed by atoms with Gasteiger partial charge in [0.05, 0.1) is 5.56 Å². The fraction of sp³-hybridized carbons (Fsp3) is 0.364. The van der Waals surface area contributed by atoms with Gasteiger partial charge in [-0.05, 0) is 26.0 Å². The molecule has 1 unspecified atom stereocenters. The van der Waals surface area contributed by atoms with Crippen molar-refractivity contribution in [2.24, 2.45) is 0 Å². The van der Waals surface area contributed by atoms with Gasteiger partial charge in [-0.15, -0.1) is 0 Å². The molecule has 0 radical (unpaired) electrons. The molecule has 1 atom stereocenters. The molecule has 4 heteroatoms. The Kier molecular flexibility index (Phi) is 3.74. The van der Waals surface area contributed by atoms with Crippen LogP contribution >= 0.6 is 0 Å². The molecule has 1 aliphatic rings. The largest absolute Gasteiger partial charge is 1.00 e. The molecule has 2 rings (SSSR count). The summed E-state index contributed by atoms with van der Waals surface area (Å²) in [5.41, 5.74) is 2.64. The quantitative estimate of drug-likeness (QED) is 0.727. The van der Waals surface area contributed by atoms with Gasteiger partial charge in [0.15, 0.2) is 0 Å². The van der Waals surface area contributed by atoms with Crippen molar-refractivity contribution in [2.45, 2.75) is 20.0 Å². The predicted octanol–water partition coefficient (Wildman–Crippen LogP) is -0.646. The molecule has 0 saturated carbocycles. The minimum absolute atomic E-state index is 0. The highest BCUT2D eigenvalue weighted by Crippen LogP contribution is 2.31. The summed E-state index contributed by atoms with van der Waals surface area (Å²) in [7, 11) is 0. The number of ether oxygens (including phenoxy) is 1. The highest BCUT2D eigenvalue weighted by atomic mass is 79.9. The zero-order valence-electron chi connectivity index (χ0n) is 8.71. The van der Waals surface area contributed by atoms with E-state index in [9.17, 15) is 4.79 Å². The van der Waals surface area contributed by atoms with E-state index in [0.29, 0.717) is 5.56 Å². The number of cyclic esters (lactones) is 1. The second kappa shape index (κ2) is 4.66. The van der Waals surface area contributed by atoms with Crippen LogP contribution in [-0.2, 0) is 4.74 Å². The van der Waals surface area contributed by atoms with Crippen molar-refractivity contribution in [3.63, 3.8) is 0 Å². The number of fused-ring (bicyclic) bond motifs is 1. The third-order valence-corrected chi connectivity index (χ3v) is 2.38. The third kappa shape index (κ3) is 2.15. The van der Waals surface area contributed by atoms with Crippen LogP contribution in [0.1, 0.15) is 35.9 Å². The highest BCUT2D eigenvalue weighted by molar-refractivity contribution is 5.95. The van der Waals surface area contributed by atoms with Crippen LogP contribution in [0.3, 0.4) is 0 Å². The zero-order valence-corrected chi connectivity index (χ0v) is 10.3. The van der Waals surface area contributed by atoms with Crippen LogP contribution in [0.25, 0.3) is 0 Å². The maximum absolute atomic E-state index is 11.4. The van der Waals surface area contributed by atoms with Crippen molar-refractivity contribution in [3.05, 3.63) is 29.3 Å². The van der Waals surface area contributed by atoms with Crippen LogP contribution < -0.4 is 22.3 Å². The molecule has 0 bridgehead atoms. The molecule has 3 nitrogen and oxygen atoms in total. The molecular formula is C11H13BrNO2-. The molecule has 0 saturated heterocycles. The summed E-state index contributed by atoms with van der Waals surface area (Å²) in [6.45, 7) is 4.76. The number of anilines is 1. The molecule has 0 aromatic heterocycles. The molecule has 1 aliphatic heterocycles. The Balaban J connectivity index is 0.00000112. The smallest absolute Gasteiger partial charge is 0.339 e. The summed E-state index contributed by atoms with van der Waals surface area (Å²) in [5.74, 6) is -0.216. The molecule has 0 spiro atoms. The number of benzene rings is 1. The Morgan fingerprint density at radius 1 is 1.47 bits per heavy atom. The van der Waals surface area contributed by atoms with E-state index in [-0.39, 0.29) is 29.1 Å². The van der Waals surface area contributed by atoms with Gasteiger partial charge in [0.2, 0.25) is 0 Å². The van der Waals surface area contributed by atoms with Gasteiger partial charge in [-0.1, -0.05) is 6.07 Å². The predicted molar refractivity (Wildman–Crippen MR) is 54.4 cm³/mol. The van der Waals surface area contributed by atoms with Gasteiger partial charge in [0.25, 0.3) is 0 Å². The molecule has 0 fully saturated rings. The van der Waals surface area contributed by atoms with E-state index in [1.807, 2.05) is 32.0 Å². The van der Waals surface area contributed by atoms with E-state index in [1.165, 1.54) is 0 Å². The molecule has 82 valence electrons. The second-order valence-electron chi connectivity index (χ2n) is 3.38. The van der Waals surface area contributed by atoms with Crippen molar-refractivity contribution < 1.29 is 26.5 Å². The van der Waals surface area contributed by atoms with Gasteiger partial charge in [0.1, 0.15) is 6.10 Å². The maximum Gasteiger partial charge on any atom is 0.339 e. The van der Waals surface area contributed by atoms with E-state index in [2.05, 4.69) is 5.32 Å². The lowest BCUT2D eigenvalue weighted by Gasteiger charge is -2.04. The molecule has 1 aromatic rings. The summed E-state index contributed by atoms with van der Waals surface area (Å²) in [6, 6.07) is 5.77. The zero-order chi connectivity index (χ0) is 10.1. The Labute approximate surface area is 99.6 Å².